The molecule has 3 rings (SSSR count). The minimum Gasteiger partial charge on any atom is -0.465 e. The fourth-order valence-corrected chi connectivity index (χ4v) is 2.74. The van der Waals surface area contributed by atoms with E-state index in [1.807, 2.05) is 12.1 Å². The maximum absolute atomic E-state index is 12.3. The molecule has 1 aliphatic rings. The summed E-state index contributed by atoms with van der Waals surface area (Å²) < 4.78 is 4.66. The lowest BCUT2D eigenvalue weighted by molar-refractivity contribution is 0.0600. The highest BCUT2D eigenvalue weighted by atomic mass is 35.5. The number of hydrogen-bond acceptors (Lipinski definition) is 5. The van der Waals surface area contributed by atoms with Gasteiger partial charge in [-0.3, -0.25) is 9.89 Å². The van der Waals surface area contributed by atoms with E-state index in [2.05, 4.69) is 25.6 Å². The number of carbonyl (C=O) groups is 2. The molecule has 2 aromatic rings. The summed E-state index contributed by atoms with van der Waals surface area (Å²) in [6.07, 6.45) is 1.54. The zero-order valence-electron chi connectivity index (χ0n) is 13.9. The Bertz CT molecular complexity index is 743. The highest BCUT2D eigenvalue weighted by molar-refractivity contribution is 5.94. The van der Waals surface area contributed by atoms with Crippen molar-refractivity contribution >= 4 is 24.3 Å². The van der Waals surface area contributed by atoms with Crippen molar-refractivity contribution in [2.45, 2.75) is 19.4 Å². The van der Waals surface area contributed by atoms with Crippen LogP contribution in [0.5, 0.6) is 0 Å². The molecule has 134 valence electrons. The van der Waals surface area contributed by atoms with Gasteiger partial charge < -0.3 is 15.4 Å². The highest BCUT2D eigenvalue weighted by Crippen LogP contribution is 2.15. The number of fused-ring (bicyclic) bond motifs is 1. The van der Waals surface area contributed by atoms with Gasteiger partial charge in [-0.05, 0) is 24.1 Å². The Morgan fingerprint density at radius 1 is 1.28 bits per heavy atom. The molecule has 0 aliphatic carbocycles. The molecule has 0 fully saturated rings. The molecule has 0 spiro atoms. The van der Waals surface area contributed by atoms with Crippen LogP contribution in [-0.2, 0) is 24.1 Å². The normalized spacial score (nSPS) is 12.7. The lowest BCUT2D eigenvalue weighted by Crippen LogP contribution is -2.29. The van der Waals surface area contributed by atoms with E-state index in [0.29, 0.717) is 30.8 Å². The van der Waals surface area contributed by atoms with Crippen molar-refractivity contribution in [3.8, 4) is 0 Å². The Labute approximate surface area is 151 Å². The molecule has 1 aromatic carbocycles. The van der Waals surface area contributed by atoms with E-state index >= 15 is 0 Å². The van der Waals surface area contributed by atoms with Crippen molar-refractivity contribution in [2.75, 3.05) is 20.2 Å². The third-order valence-electron chi connectivity index (χ3n) is 4.10. The number of ether oxygens (including phenoxy) is 1. The number of nitrogens with zero attached hydrogens (tertiary/aromatic N) is 1. The molecule has 2 heterocycles. The summed E-state index contributed by atoms with van der Waals surface area (Å²) in [5.41, 5.74) is 4.02. The molecule has 1 aliphatic heterocycles. The number of nitrogens with one attached hydrogen (secondary N) is 3. The van der Waals surface area contributed by atoms with E-state index < -0.39 is 0 Å². The van der Waals surface area contributed by atoms with Crippen LogP contribution < -0.4 is 10.6 Å². The van der Waals surface area contributed by atoms with Gasteiger partial charge >= 0.3 is 5.97 Å². The number of rotatable bonds is 5. The van der Waals surface area contributed by atoms with Gasteiger partial charge in [-0.1, -0.05) is 12.1 Å². The first kappa shape index (κ1) is 19.0. The molecule has 1 aromatic heterocycles. The van der Waals surface area contributed by atoms with E-state index in [9.17, 15) is 9.59 Å². The summed E-state index contributed by atoms with van der Waals surface area (Å²) in [4.78, 5) is 23.7. The molecule has 8 heteroatoms. The second-order valence-electron chi connectivity index (χ2n) is 5.65. The summed E-state index contributed by atoms with van der Waals surface area (Å²) in [5.74, 6) is -0.519. The second kappa shape index (κ2) is 8.64. The van der Waals surface area contributed by atoms with Crippen molar-refractivity contribution < 1.29 is 14.3 Å². The van der Waals surface area contributed by atoms with Gasteiger partial charge in [0.05, 0.1) is 12.7 Å². The van der Waals surface area contributed by atoms with Crippen LogP contribution in [0.3, 0.4) is 0 Å². The van der Waals surface area contributed by atoms with Crippen LogP contribution in [0, 0.1) is 0 Å². The van der Waals surface area contributed by atoms with Gasteiger partial charge in [0, 0.05) is 37.3 Å². The maximum atomic E-state index is 12.3. The van der Waals surface area contributed by atoms with Gasteiger partial charge in [-0.15, -0.1) is 12.4 Å². The molecule has 0 atom stereocenters. The zero-order valence-corrected chi connectivity index (χ0v) is 14.7. The molecule has 0 radical (unpaired) electrons. The Kier molecular flexibility index (Phi) is 6.55. The molecule has 25 heavy (non-hydrogen) atoms. The number of amides is 1. The van der Waals surface area contributed by atoms with Crippen LogP contribution in [0.25, 0.3) is 0 Å². The number of halogens is 1. The molecule has 0 unspecified atom stereocenters. The number of hydrogen-bond donors (Lipinski definition) is 3. The zero-order chi connectivity index (χ0) is 16.9. The standard InChI is InChI=1S/C17H20N4O3.ClH/c1-24-17(23)12-4-2-11(3-5-12)6-9-19-16(22)15-13-10-18-8-7-14(13)20-21-15;/h2-5,18H,6-10H2,1H3,(H,19,22)(H,20,21);1H. The van der Waals surface area contributed by atoms with Gasteiger partial charge in [0.25, 0.3) is 5.91 Å². The molecule has 0 saturated heterocycles. The van der Waals surface area contributed by atoms with Gasteiger partial charge in [0.2, 0.25) is 0 Å². The molecular formula is C17H21ClN4O3. The minimum absolute atomic E-state index is 0. The lowest BCUT2D eigenvalue weighted by atomic mass is 10.1. The molecule has 0 saturated carbocycles. The van der Waals surface area contributed by atoms with Gasteiger partial charge in [0.1, 0.15) is 0 Å². The van der Waals surface area contributed by atoms with Crippen molar-refractivity contribution in [3.05, 3.63) is 52.3 Å². The Morgan fingerprint density at radius 2 is 2.04 bits per heavy atom. The van der Waals surface area contributed by atoms with E-state index in [1.165, 1.54) is 7.11 Å². The van der Waals surface area contributed by atoms with E-state index in [4.69, 9.17) is 0 Å². The number of benzene rings is 1. The smallest absolute Gasteiger partial charge is 0.337 e. The van der Waals surface area contributed by atoms with E-state index in [-0.39, 0.29) is 24.3 Å². The first-order valence-electron chi connectivity index (χ1n) is 7.91. The summed E-state index contributed by atoms with van der Waals surface area (Å²) in [6, 6.07) is 7.16. The van der Waals surface area contributed by atoms with Crippen molar-refractivity contribution in [2.24, 2.45) is 0 Å². The van der Waals surface area contributed by atoms with Gasteiger partial charge in [-0.25, -0.2) is 4.79 Å². The van der Waals surface area contributed by atoms with Crippen LogP contribution in [0.15, 0.2) is 24.3 Å². The predicted molar refractivity (Wildman–Crippen MR) is 95.1 cm³/mol. The Hall–Kier alpha value is -2.38. The summed E-state index contributed by atoms with van der Waals surface area (Å²) in [5, 5.41) is 13.2. The quantitative estimate of drug-likeness (QED) is 0.694. The first-order valence-corrected chi connectivity index (χ1v) is 7.91. The predicted octanol–water partition coefficient (Wildman–Crippen LogP) is 1.24. The number of carbonyl (C=O) groups excluding carboxylic acids is 2. The summed E-state index contributed by atoms with van der Waals surface area (Å²) >= 11 is 0. The van der Waals surface area contributed by atoms with E-state index in [0.717, 1.165) is 29.8 Å². The fraction of sp³-hybridized carbons (Fsp3) is 0.353. The van der Waals surface area contributed by atoms with Crippen molar-refractivity contribution in [3.63, 3.8) is 0 Å². The largest absolute Gasteiger partial charge is 0.465 e. The van der Waals surface area contributed by atoms with Crippen LogP contribution in [0.4, 0.5) is 0 Å². The summed E-state index contributed by atoms with van der Waals surface area (Å²) in [7, 11) is 1.36. The van der Waals surface area contributed by atoms with Crippen molar-refractivity contribution in [1.29, 1.82) is 0 Å². The number of aromatic amines is 1. The van der Waals surface area contributed by atoms with Crippen LogP contribution >= 0.6 is 12.4 Å². The number of H-pyrrole nitrogens is 1. The topological polar surface area (TPSA) is 96.1 Å². The van der Waals surface area contributed by atoms with Crippen LogP contribution in [0.2, 0.25) is 0 Å². The SMILES string of the molecule is COC(=O)c1ccc(CCNC(=O)c2n[nH]c3c2CNCC3)cc1.Cl. The number of esters is 1. The third-order valence-corrected chi connectivity index (χ3v) is 4.10. The highest BCUT2D eigenvalue weighted by Gasteiger charge is 2.21. The van der Waals surface area contributed by atoms with Crippen molar-refractivity contribution in [1.82, 2.24) is 20.8 Å². The van der Waals surface area contributed by atoms with E-state index in [1.54, 1.807) is 12.1 Å². The monoisotopic (exact) mass is 364 g/mol. The third kappa shape index (κ3) is 4.37. The van der Waals surface area contributed by atoms with Crippen LogP contribution in [0.1, 0.15) is 37.7 Å². The average Bonchev–Trinajstić information content (AvgIpc) is 3.06. The lowest BCUT2D eigenvalue weighted by Gasteiger charge is -2.12. The Morgan fingerprint density at radius 3 is 2.76 bits per heavy atom. The second-order valence-corrected chi connectivity index (χ2v) is 5.65. The average molecular weight is 365 g/mol. The molecule has 7 nitrogen and oxygen atoms in total. The van der Waals surface area contributed by atoms with Crippen LogP contribution in [-0.4, -0.2) is 42.3 Å². The number of aromatic nitrogens is 2. The molecule has 0 bridgehead atoms. The minimum atomic E-state index is -0.355. The maximum Gasteiger partial charge on any atom is 0.337 e. The number of methoxy groups -OCH3 is 1. The first-order chi connectivity index (χ1) is 11.7. The molecule has 3 N–H and O–H groups in total. The summed E-state index contributed by atoms with van der Waals surface area (Å²) in [6.45, 7) is 2.08. The van der Waals surface area contributed by atoms with Gasteiger partial charge in [0.15, 0.2) is 5.69 Å². The molecule has 1 amide bonds. The molecular weight excluding hydrogens is 344 g/mol. The fourth-order valence-electron chi connectivity index (χ4n) is 2.74. The van der Waals surface area contributed by atoms with Gasteiger partial charge in [-0.2, -0.15) is 5.10 Å². The Balaban J connectivity index is 0.00000225.